The van der Waals surface area contributed by atoms with Gasteiger partial charge in [-0.15, -0.1) is 11.8 Å². The highest BCUT2D eigenvalue weighted by Crippen LogP contribution is 2.33. The van der Waals surface area contributed by atoms with Crippen LogP contribution in [-0.2, 0) is 17.1 Å². The quantitative estimate of drug-likeness (QED) is 0.823. The zero-order chi connectivity index (χ0) is 14.8. The van der Waals surface area contributed by atoms with Crippen molar-refractivity contribution in [2.45, 2.75) is 50.8 Å². The first kappa shape index (κ1) is 16.5. The molecule has 0 radical (unpaired) electrons. The smallest absolute Gasteiger partial charge is 0.321 e. The first-order valence-electron chi connectivity index (χ1n) is 6.04. The van der Waals surface area contributed by atoms with E-state index in [4.69, 9.17) is 10.8 Å². The Morgan fingerprint density at radius 3 is 2.68 bits per heavy atom. The second kappa shape index (κ2) is 6.28. The summed E-state index contributed by atoms with van der Waals surface area (Å²) in [4.78, 5) is 11.0. The van der Waals surface area contributed by atoms with E-state index >= 15 is 0 Å². The summed E-state index contributed by atoms with van der Waals surface area (Å²) in [6.07, 6.45) is 0. The van der Waals surface area contributed by atoms with Gasteiger partial charge in [0.1, 0.15) is 6.04 Å². The predicted octanol–water partition coefficient (Wildman–Crippen LogP) is 2.40. The van der Waals surface area contributed by atoms with Gasteiger partial charge in [0.25, 0.3) is 0 Å². The Balaban J connectivity index is 2.85. The third-order valence-electron chi connectivity index (χ3n) is 3.05. The molecule has 0 aromatic carbocycles. The molecule has 0 aliphatic carbocycles. The van der Waals surface area contributed by atoms with Gasteiger partial charge >= 0.3 is 5.97 Å². The molecule has 0 saturated carbocycles. The largest absolute Gasteiger partial charge is 0.480 e. The van der Waals surface area contributed by atoms with Crippen LogP contribution in [-0.4, -0.2) is 31.6 Å². The number of thioether (sulfide) groups is 1. The van der Waals surface area contributed by atoms with E-state index in [0.717, 1.165) is 22.4 Å². The maximum Gasteiger partial charge on any atom is 0.321 e. The minimum absolute atomic E-state index is 0.540. The number of hydrogen-bond donors (Lipinski definition) is 2. The highest BCUT2D eigenvalue weighted by molar-refractivity contribution is 9.10. The topological polar surface area (TPSA) is 81.1 Å². The molecule has 1 heterocycles. The molecule has 5 nitrogen and oxygen atoms in total. The van der Waals surface area contributed by atoms with Gasteiger partial charge in [-0.1, -0.05) is 0 Å². The van der Waals surface area contributed by atoms with Crippen molar-refractivity contribution < 1.29 is 9.90 Å². The van der Waals surface area contributed by atoms with E-state index in [0.29, 0.717) is 5.75 Å². The molecule has 19 heavy (non-hydrogen) atoms. The Hall–Kier alpha value is -0.530. The highest BCUT2D eigenvalue weighted by atomic mass is 79.9. The Kier molecular flexibility index (Phi) is 5.46. The third kappa shape index (κ3) is 3.73. The van der Waals surface area contributed by atoms with Gasteiger partial charge in [0.15, 0.2) is 0 Å². The summed E-state index contributed by atoms with van der Waals surface area (Å²) >= 11 is 5.06. The van der Waals surface area contributed by atoms with Gasteiger partial charge in [-0.25, -0.2) is 0 Å². The van der Waals surface area contributed by atoms with Crippen LogP contribution in [0.3, 0.4) is 0 Å². The number of hydrogen-bond acceptors (Lipinski definition) is 4. The molecule has 0 bridgehead atoms. The van der Waals surface area contributed by atoms with Crippen molar-refractivity contribution in [1.29, 1.82) is 0 Å². The summed E-state index contributed by atoms with van der Waals surface area (Å²) in [5.74, 6) is -0.305. The van der Waals surface area contributed by atoms with Crippen molar-refractivity contribution in [3.63, 3.8) is 0 Å². The average Bonchev–Trinajstić information content (AvgIpc) is 2.61. The molecule has 0 spiro atoms. The van der Waals surface area contributed by atoms with Crippen LogP contribution in [0.15, 0.2) is 4.47 Å². The molecule has 0 saturated heterocycles. The second-order valence-electron chi connectivity index (χ2n) is 4.87. The maximum atomic E-state index is 11.0. The summed E-state index contributed by atoms with van der Waals surface area (Å²) in [5, 5.41) is 13.4. The molecule has 1 aromatic heterocycles. The lowest BCUT2D eigenvalue weighted by molar-refractivity contribution is -0.139. The van der Waals surface area contributed by atoms with E-state index in [1.807, 2.05) is 32.4 Å². The van der Waals surface area contributed by atoms with Crippen LogP contribution in [0.4, 0.5) is 0 Å². The van der Waals surface area contributed by atoms with Crippen molar-refractivity contribution >= 4 is 33.7 Å². The van der Waals surface area contributed by atoms with E-state index in [1.54, 1.807) is 0 Å². The van der Waals surface area contributed by atoms with E-state index < -0.39 is 16.8 Å². The van der Waals surface area contributed by atoms with Crippen LogP contribution >= 0.6 is 27.7 Å². The van der Waals surface area contributed by atoms with Crippen molar-refractivity contribution in [1.82, 2.24) is 9.78 Å². The molecule has 7 heteroatoms. The standard InChI is InChI=1S/C12H20BrN3O2S/c1-5-16-8(9(13)7(2)15-16)6-19-12(3,4)10(14)11(17)18/h10H,5-6,14H2,1-4H3,(H,17,18)/t10-/m1/s1. The number of nitrogens with two attached hydrogens (primary N) is 1. The molecule has 0 amide bonds. The minimum atomic E-state index is -0.975. The molecule has 0 fully saturated rings. The van der Waals surface area contributed by atoms with Gasteiger partial charge in [0, 0.05) is 17.0 Å². The molecule has 1 aromatic rings. The summed E-state index contributed by atoms with van der Waals surface area (Å²) in [7, 11) is 0. The number of halogens is 1. The number of rotatable bonds is 6. The molecule has 1 rings (SSSR count). The van der Waals surface area contributed by atoms with Crippen LogP contribution in [0.1, 0.15) is 32.2 Å². The van der Waals surface area contributed by atoms with E-state index in [9.17, 15) is 4.79 Å². The fraction of sp³-hybridized carbons (Fsp3) is 0.667. The summed E-state index contributed by atoms with van der Waals surface area (Å²) < 4.78 is 2.37. The van der Waals surface area contributed by atoms with Crippen LogP contribution in [0.25, 0.3) is 0 Å². The lowest BCUT2D eigenvalue weighted by Crippen LogP contribution is -2.46. The first-order valence-corrected chi connectivity index (χ1v) is 7.82. The molecular formula is C12H20BrN3O2S. The molecule has 108 valence electrons. The zero-order valence-corrected chi connectivity index (χ0v) is 14.0. The number of aliphatic carboxylic acids is 1. The number of carboxylic acids is 1. The van der Waals surface area contributed by atoms with Crippen molar-refractivity contribution in [3.8, 4) is 0 Å². The number of carboxylic acid groups (broad SMARTS) is 1. The van der Waals surface area contributed by atoms with Gasteiger partial charge < -0.3 is 10.8 Å². The van der Waals surface area contributed by atoms with Crippen LogP contribution in [0.2, 0.25) is 0 Å². The number of nitrogens with zero attached hydrogens (tertiary/aromatic N) is 2. The molecular weight excluding hydrogens is 330 g/mol. The van der Waals surface area contributed by atoms with Gasteiger partial charge in [0.05, 0.1) is 15.9 Å². The second-order valence-corrected chi connectivity index (χ2v) is 7.29. The Morgan fingerprint density at radius 1 is 1.63 bits per heavy atom. The van der Waals surface area contributed by atoms with Crippen LogP contribution in [0.5, 0.6) is 0 Å². The average molecular weight is 350 g/mol. The van der Waals surface area contributed by atoms with E-state index in [-0.39, 0.29) is 0 Å². The molecule has 0 unspecified atom stereocenters. The Morgan fingerprint density at radius 2 is 2.21 bits per heavy atom. The maximum absolute atomic E-state index is 11.0. The highest BCUT2D eigenvalue weighted by Gasteiger charge is 2.33. The predicted molar refractivity (Wildman–Crippen MR) is 81.3 cm³/mol. The SMILES string of the molecule is CCn1nc(C)c(Br)c1CSC(C)(C)[C@H](N)C(=O)O. The molecule has 3 N–H and O–H groups in total. The van der Waals surface area contributed by atoms with E-state index in [2.05, 4.69) is 21.0 Å². The number of carbonyl (C=O) groups is 1. The Bertz CT molecular complexity index is 474. The van der Waals surface area contributed by atoms with E-state index in [1.165, 1.54) is 11.8 Å². The van der Waals surface area contributed by atoms with Crippen LogP contribution < -0.4 is 5.73 Å². The van der Waals surface area contributed by atoms with Crippen molar-refractivity contribution in [3.05, 3.63) is 15.9 Å². The summed E-state index contributed by atoms with van der Waals surface area (Å²) in [5.41, 5.74) is 7.73. The summed E-state index contributed by atoms with van der Waals surface area (Å²) in [6, 6.07) is -0.893. The Labute approximate surface area is 126 Å². The fourth-order valence-corrected chi connectivity index (χ4v) is 3.34. The van der Waals surface area contributed by atoms with Crippen molar-refractivity contribution in [2.75, 3.05) is 0 Å². The normalized spacial score (nSPS) is 13.6. The van der Waals surface area contributed by atoms with Crippen LogP contribution in [0, 0.1) is 6.92 Å². The van der Waals surface area contributed by atoms with Gasteiger partial charge in [0.2, 0.25) is 0 Å². The first-order chi connectivity index (χ1) is 8.70. The lowest BCUT2D eigenvalue weighted by atomic mass is 10.1. The monoisotopic (exact) mass is 349 g/mol. The number of aryl methyl sites for hydroxylation is 2. The van der Waals surface area contributed by atoms with Gasteiger partial charge in [-0.3, -0.25) is 9.48 Å². The number of aromatic nitrogens is 2. The fourth-order valence-electron chi connectivity index (χ4n) is 1.65. The minimum Gasteiger partial charge on any atom is -0.480 e. The third-order valence-corrected chi connectivity index (χ3v) is 5.50. The van der Waals surface area contributed by atoms with Gasteiger partial charge in [-0.2, -0.15) is 5.10 Å². The molecule has 1 atom stereocenters. The lowest BCUT2D eigenvalue weighted by Gasteiger charge is -2.28. The molecule has 0 aliphatic heterocycles. The summed E-state index contributed by atoms with van der Waals surface area (Å²) in [6.45, 7) is 8.46. The zero-order valence-electron chi connectivity index (χ0n) is 11.6. The molecule has 0 aliphatic rings. The van der Waals surface area contributed by atoms with Crippen molar-refractivity contribution in [2.24, 2.45) is 5.73 Å². The van der Waals surface area contributed by atoms with Gasteiger partial charge in [-0.05, 0) is 43.6 Å².